The highest BCUT2D eigenvalue weighted by atomic mass is 35.5. The Bertz CT molecular complexity index is 605. The van der Waals surface area contributed by atoms with Crippen LogP contribution in [0.3, 0.4) is 0 Å². The lowest BCUT2D eigenvalue weighted by Crippen LogP contribution is -2.28. The molecule has 1 fully saturated rings. The molecule has 1 aromatic carbocycles. The average molecular weight is 306 g/mol. The summed E-state index contributed by atoms with van der Waals surface area (Å²) in [7, 11) is 1.67. The molecule has 1 unspecified atom stereocenters. The van der Waals surface area contributed by atoms with Crippen molar-refractivity contribution in [2.45, 2.75) is 31.8 Å². The molecule has 1 aliphatic rings. The van der Waals surface area contributed by atoms with Crippen molar-refractivity contribution in [3.05, 3.63) is 47.0 Å². The molecule has 0 amide bonds. The van der Waals surface area contributed by atoms with Crippen LogP contribution < -0.4 is 10.1 Å². The number of hydrogen-bond donors (Lipinski definition) is 1. The molecule has 2 heterocycles. The van der Waals surface area contributed by atoms with Crippen molar-refractivity contribution >= 4 is 11.6 Å². The van der Waals surface area contributed by atoms with E-state index in [1.54, 1.807) is 7.11 Å². The maximum atomic E-state index is 6.33. The zero-order valence-corrected chi connectivity index (χ0v) is 12.9. The monoisotopic (exact) mass is 305 g/mol. The molecule has 21 heavy (non-hydrogen) atoms. The predicted octanol–water partition coefficient (Wildman–Crippen LogP) is 3.41. The second-order valence-electron chi connectivity index (χ2n) is 5.37. The fourth-order valence-electron chi connectivity index (χ4n) is 2.91. The highest BCUT2D eigenvalue weighted by Gasteiger charge is 2.19. The topological polar surface area (TPSA) is 39.1 Å². The Morgan fingerprint density at radius 3 is 3.10 bits per heavy atom. The zero-order valence-electron chi connectivity index (χ0n) is 12.2. The number of benzene rings is 1. The summed E-state index contributed by atoms with van der Waals surface area (Å²) < 4.78 is 7.59. The van der Waals surface area contributed by atoms with Crippen LogP contribution >= 0.6 is 11.6 Å². The largest absolute Gasteiger partial charge is 0.496 e. The third-order valence-corrected chi connectivity index (χ3v) is 4.39. The van der Waals surface area contributed by atoms with Gasteiger partial charge in [0.05, 0.1) is 25.7 Å². The number of ether oxygens (including phenoxy) is 1. The molecular weight excluding hydrogens is 286 g/mol. The zero-order chi connectivity index (χ0) is 14.7. The standard InChI is InChI=1S/C16H20ClN3O/c1-21-16-7-4-5-13(17)12(16)10-20-11-18-9-15(20)14-6-2-3-8-19-14/h4-5,7,9,11,14,19H,2-3,6,8,10H2,1H3. The summed E-state index contributed by atoms with van der Waals surface area (Å²) in [6.45, 7) is 1.75. The third kappa shape index (κ3) is 3.06. The second-order valence-corrected chi connectivity index (χ2v) is 5.78. The Labute approximate surface area is 130 Å². The molecular formula is C16H20ClN3O. The van der Waals surface area contributed by atoms with E-state index < -0.39 is 0 Å². The minimum Gasteiger partial charge on any atom is -0.496 e. The minimum atomic E-state index is 0.384. The summed E-state index contributed by atoms with van der Waals surface area (Å²) in [5.41, 5.74) is 2.22. The number of rotatable bonds is 4. The van der Waals surface area contributed by atoms with Gasteiger partial charge in [-0.3, -0.25) is 0 Å². The molecule has 112 valence electrons. The van der Waals surface area contributed by atoms with Crippen LogP contribution in [0.25, 0.3) is 0 Å². The fraction of sp³-hybridized carbons (Fsp3) is 0.438. The van der Waals surface area contributed by atoms with E-state index in [9.17, 15) is 0 Å². The Balaban J connectivity index is 1.87. The number of hydrogen-bond acceptors (Lipinski definition) is 3. The molecule has 0 bridgehead atoms. The van der Waals surface area contributed by atoms with E-state index >= 15 is 0 Å². The number of aromatic nitrogens is 2. The Kier molecular flexibility index (Phi) is 4.46. The molecule has 4 nitrogen and oxygen atoms in total. The van der Waals surface area contributed by atoms with Gasteiger partial charge in [-0.2, -0.15) is 0 Å². The number of nitrogens with zero attached hydrogens (tertiary/aromatic N) is 2. The van der Waals surface area contributed by atoms with Crippen molar-refractivity contribution in [1.29, 1.82) is 0 Å². The van der Waals surface area contributed by atoms with Crippen molar-refractivity contribution in [2.75, 3.05) is 13.7 Å². The van der Waals surface area contributed by atoms with E-state index in [2.05, 4.69) is 14.9 Å². The fourth-order valence-corrected chi connectivity index (χ4v) is 3.14. The highest BCUT2D eigenvalue weighted by molar-refractivity contribution is 6.31. The lowest BCUT2D eigenvalue weighted by atomic mass is 10.0. The van der Waals surface area contributed by atoms with Crippen LogP contribution in [0.5, 0.6) is 5.75 Å². The summed E-state index contributed by atoms with van der Waals surface area (Å²) in [6, 6.07) is 6.13. The van der Waals surface area contributed by atoms with E-state index in [1.807, 2.05) is 30.7 Å². The van der Waals surface area contributed by atoms with Crippen molar-refractivity contribution in [3.63, 3.8) is 0 Å². The SMILES string of the molecule is COc1cccc(Cl)c1Cn1cncc1C1CCCCN1. The van der Waals surface area contributed by atoms with Crippen LogP contribution in [0.1, 0.15) is 36.6 Å². The average Bonchev–Trinajstić information content (AvgIpc) is 2.98. The van der Waals surface area contributed by atoms with Gasteiger partial charge in [-0.15, -0.1) is 0 Å². The van der Waals surface area contributed by atoms with Crippen LogP contribution in [0, 0.1) is 0 Å². The number of piperidine rings is 1. The van der Waals surface area contributed by atoms with E-state index in [0.717, 1.165) is 29.3 Å². The molecule has 2 aromatic rings. The number of halogens is 1. The van der Waals surface area contributed by atoms with Crippen molar-refractivity contribution in [3.8, 4) is 5.75 Å². The smallest absolute Gasteiger partial charge is 0.125 e. The van der Waals surface area contributed by atoms with Crippen LogP contribution in [0.15, 0.2) is 30.7 Å². The molecule has 5 heteroatoms. The first-order valence-corrected chi connectivity index (χ1v) is 7.72. The molecule has 0 spiro atoms. The summed E-state index contributed by atoms with van der Waals surface area (Å²) >= 11 is 6.33. The normalized spacial score (nSPS) is 18.7. The van der Waals surface area contributed by atoms with E-state index in [-0.39, 0.29) is 0 Å². The molecule has 0 radical (unpaired) electrons. The van der Waals surface area contributed by atoms with E-state index in [0.29, 0.717) is 12.6 Å². The third-order valence-electron chi connectivity index (χ3n) is 4.04. The number of nitrogens with one attached hydrogen (secondary N) is 1. The van der Waals surface area contributed by atoms with Gasteiger partial charge >= 0.3 is 0 Å². The lowest BCUT2D eigenvalue weighted by molar-refractivity contribution is 0.391. The van der Waals surface area contributed by atoms with Gasteiger partial charge in [-0.25, -0.2) is 4.98 Å². The van der Waals surface area contributed by atoms with Gasteiger partial charge in [0.2, 0.25) is 0 Å². The summed E-state index contributed by atoms with van der Waals surface area (Å²) in [5, 5.41) is 4.29. The summed E-state index contributed by atoms with van der Waals surface area (Å²) in [5.74, 6) is 0.818. The number of imidazole rings is 1. The maximum absolute atomic E-state index is 6.33. The molecule has 1 atom stereocenters. The van der Waals surface area contributed by atoms with Crippen LogP contribution in [-0.4, -0.2) is 23.2 Å². The van der Waals surface area contributed by atoms with Crippen molar-refractivity contribution in [1.82, 2.24) is 14.9 Å². The second kappa shape index (κ2) is 6.50. The molecule has 0 aliphatic carbocycles. The van der Waals surface area contributed by atoms with Gasteiger partial charge < -0.3 is 14.6 Å². The lowest BCUT2D eigenvalue weighted by Gasteiger charge is -2.24. The van der Waals surface area contributed by atoms with E-state index in [1.165, 1.54) is 18.5 Å². The molecule has 1 aromatic heterocycles. The van der Waals surface area contributed by atoms with Crippen LogP contribution in [0.4, 0.5) is 0 Å². The van der Waals surface area contributed by atoms with Crippen LogP contribution in [0.2, 0.25) is 5.02 Å². The van der Waals surface area contributed by atoms with Gasteiger partial charge in [0, 0.05) is 22.8 Å². The predicted molar refractivity (Wildman–Crippen MR) is 83.9 cm³/mol. The minimum absolute atomic E-state index is 0.384. The molecule has 0 saturated carbocycles. The number of methoxy groups -OCH3 is 1. The Morgan fingerprint density at radius 2 is 2.33 bits per heavy atom. The van der Waals surface area contributed by atoms with Crippen molar-refractivity contribution < 1.29 is 4.74 Å². The first-order valence-electron chi connectivity index (χ1n) is 7.34. The Hall–Kier alpha value is -1.52. The van der Waals surface area contributed by atoms with Gasteiger partial charge in [-0.05, 0) is 31.5 Å². The quantitative estimate of drug-likeness (QED) is 0.941. The molecule has 1 aliphatic heterocycles. The molecule has 1 saturated heterocycles. The van der Waals surface area contributed by atoms with Crippen LogP contribution in [-0.2, 0) is 6.54 Å². The summed E-state index contributed by atoms with van der Waals surface area (Å²) in [4.78, 5) is 4.32. The Morgan fingerprint density at radius 1 is 1.43 bits per heavy atom. The van der Waals surface area contributed by atoms with Gasteiger partial charge in [0.1, 0.15) is 5.75 Å². The maximum Gasteiger partial charge on any atom is 0.125 e. The first-order chi connectivity index (χ1) is 10.3. The molecule has 1 N–H and O–H groups in total. The first kappa shape index (κ1) is 14.4. The molecule has 3 rings (SSSR count). The van der Waals surface area contributed by atoms with Gasteiger partial charge in [0.25, 0.3) is 0 Å². The highest BCUT2D eigenvalue weighted by Crippen LogP contribution is 2.29. The van der Waals surface area contributed by atoms with Crippen molar-refractivity contribution in [2.24, 2.45) is 0 Å². The van der Waals surface area contributed by atoms with Gasteiger partial charge in [-0.1, -0.05) is 24.1 Å². The summed E-state index contributed by atoms with van der Waals surface area (Å²) in [6.07, 6.45) is 7.49. The van der Waals surface area contributed by atoms with Gasteiger partial charge in [0.15, 0.2) is 0 Å². The van der Waals surface area contributed by atoms with E-state index in [4.69, 9.17) is 16.3 Å².